The molecule has 3 aromatic heterocycles. The third-order valence-electron chi connectivity index (χ3n) is 4.95. The highest BCUT2D eigenvalue weighted by Crippen LogP contribution is 2.28. The van der Waals surface area contributed by atoms with Gasteiger partial charge in [-0.2, -0.15) is 9.78 Å². The maximum atomic E-state index is 13.1. The van der Waals surface area contributed by atoms with Crippen LogP contribution in [-0.4, -0.2) is 31.9 Å². The Hall–Kier alpha value is -4.24. The molecule has 0 bridgehead atoms. The maximum absolute atomic E-state index is 13.1. The number of thiophene rings is 1. The van der Waals surface area contributed by atoms with Gasteiger partial charge in [-0.15, -0.1) is 11.3 Å². The molecule has 5 rings (SSSR count). The summed E-state index contributed by atoms with van der Waals surface area (Å²) in [7, 11) is 0. The Kier molecular flexibility index (Phi) is 5.00. The van der Waals surface area contributed by atoms with Crippen LogP contribution in [0.15, 0.2) is 71.1 Å². The van der Waals surface area contributed by atoms with Gasteiger partial charge in [-0.3, -0.25) is 4.79 Å². The summed E-state index contributed by atoms with van der Waals surface area (Å²) >= 11 is 1.56. The fourth-order valence-electron chi connectivity index (χ4n) is 3.37. The van der Waals surface area contributed by atoms with Crippen molar-refractivity contribution in [1.82, 2.24) is 20.0 Å². The van der Waals surface area contributed by atoms with Crippen molar-refractivity contribution in [3.05, 3.63) is 82.0 Å². The second kappa shape index (κ2) is 8.12. The van der Waals surface area contributed by atoms with E-state index in [1.807, 2.05) is 41.8 Å². The summed E-state index contributed by atoms with van der Waals surface area (Å²) in [4.78, 5) is 23.4. The van der Waals surface area contributed by atoms with Gasteiger partial charge in [0, 0.05) is 10.4 Å². The number of nitrogens with zero attached hydrogens (tertiary/aromatic N) is 4. The fourth-order valence-corrected chi connectivity index (χ4v) is 4.02. The summed E-state index contributed by atoms with van der Waals surface area (Å²) in [6.45, 7) is 0.380. The minimum Gasteiger partial charge on any atom is -0.507 e. The Morgan fingerprint density at radius 1 is 1.09 bits per heavy atom. The predicted octanol–water partition coefficient (Wildman–Crippen LogP) is 3.75. The first-order valence-electron chi connectivity index (χ1n) is 9.81. The Balaban J connectivity index is 1.64. The lowest BCUT2D eigenvalue weighted by Gasteiger charge is -2.04. The number of aromatic hydroxyl groups is 1. The highest BCUT2D eigenvalue weighted by molar-refractivity contribution is 7.09. The Morgan fingerprint density at radius 2 is 1.84 bits per heavy atom. The molecule has 0 spiro atoms. The zero-order valence-electron chi connectivity index (χ0n) is 16.8. The summed E-state index contributed by atoms with van der Waals surface area (Å²) in [6, 6.07) is 18.0. The summed E-state index contributed by atoms with van der Waals surface area (Å²) in [5.41, 5.74) is 9.12. The number of phenols is 1. The van der Waals surface area contributed by atoms with E-state index in [0.717, 1.165) is 4.88 Å². The lowest BCUT2D eigenvalue weighted by molar-refractivity contribution is 0.0953. The molecule has 158 valence electrons. The average Bonchev–Trinajstić information content (AvgIpc) is 3.41. The molecule has 5 aromatic rings. The van der Waals surface area contributed by atoms with Gasteiger partial charge in [-0.1, -0.05) is 30.3 Å². The molecule has 0 fully saturated rings. The fraction of sp³-hybridized carbons (Fsp3) is 0.0435. The SMILES string of the molecule is Nc1c(C(=O)NCc2cccs2)c2nc3ccccc3nc2n1N=Cc1ccccc1O. The van der Waals surface area contributed by atoms with Gasteiger partial charge in [-0.25, -0.2) is 9.97 Å². The molecule has 0 aliphatic rings. The number of carbonyl (C=O) groups excluding carboxylic acids is 1. The zero-order valence-corrected chi connectivity index (χ0v) is 17.6. The van der Waals surface area contributed by atoms with E-state index in [2.05, 4.69) is 20.4 Å². The predicted molar refractivity (Wildman–Crippen MR) is 126 cm³/mol. The van der Waals surface area contributed by atoms with E-state index < -0.39 is 0 Å². The lowest BCUT2D eigenvalue weighted by atomic mass is 10.2. The Bertz CT molecular complexity index is 1470. The number of hydrogen-bond donors (Lipinski definition) is 3. The Labute approximate surface area is 186 Å². The number of para-hydroxylation sites is 3. The van der Waals surface area contributed by atoms with Crippen molar-refractivity contribution in [3.63, 3.8) is 0 Å². The van der Waals surface area contributed by atoms with Crippen LogP contribution in [0.1, 0.15) is 20.8 Å². The number of anilines is 1. The van der Waals surface area contributed by atoms with Gasteiger partial charge in [0.15, 0.2) is 5.65 Å². The van der Waals surface area contributed by atoms with E-state index in [-0.39, 0.29) is 23.0 Å². The Morgan fingerprint density at radius 3 is 2.59 bits per heavy atom. The third-order valence-corrected chi connectivity index (χ3v) is 5.83. The molecular weight excluding hydrogens is 424 g/mol. The molecule has 0 saturated carbocycles. The number of carbonyl (C=O) groups is 1. The molecule has 9 heteroatoms. The first-order valence-corrected chi connectivity index (χ1v) is 10.7. The monoisotopic (exact) mass is 442 g/mol. The van der Waals surface area contributed by atoms with Gasteiger partial charge < -0.3 is 16.2 Å². The topological polar surface area (TPSA) is 118 Å². The summed E-state index contributed by atoms with van der Waals surface area (Å²) in [5.74, 6) is -0.163. The van der Waals surface area contributed by atoms with Gasteiger partial charge >= 0.3 is 0 Å². The average molecular weight is 443 g/mol. The van der Waals surface area contributed by atoms with Gasteiger partial charge in [0.25, 0.3) is 5.91 Å². The first kappa shape index (κ1) is 19.7. The molecule has 1 amide bonds. The molecule has 0 aliphatic heterocycles. The van der Waals surface area contributed by atoms with E-state index in [1.54, 1.807) is 35.6 Å². The lowest BCUT2D eigenvalue weighted by Crippen LogP contribution is -2.23. The van der Waals surface area contributed by atoms with Crippen LogP contribution in [0.4, 0.5) is 5.82 Å². The van der Waals surface area contributed by atoms with Crippen LogP contribution in [0.25, 0.3) is 22.2 Å². The largest absolute Gasteiger partial charge is 0.507 e. The molecule has 32 heavy (non-hydrogen) atoms. The van der Waals surface area contributed by atoms with Crippen molar-refractivity contribution in [2.24, 2.45) is 5.10 Å². The van der Waals surface area contributed by atoms with Crippen molar-refractivity contribution in [3.8, 4) is 5.75 Å². The highest BCUT2D eigenvalue weighted by atomic mass is 32.1. The number of hydrogen-bond acceptors (Lipinski definition) is 7. The molecule has 3 heterocycles. The van der Waals surface area contributed by atoms with E-state index in [9.17, 15) is 9.90 Å². The van der Waals surface area contributed by atoms with Crippen molar-refractivity contribution in [2.45, 2.75) is 6.54 Å². The van der Waals surface area contributed by atoms with Crippen molar-refractivity contribution >= 4 is 51.5 Å². The molecule has 0 saturated heterocycles. The van der Waals surface area contributed by atoms with E-state index >= 15 is 0 Å². The van der Waals surface area contributed by atoms with Gasteiger partial charge in [-0.05, 0) is 35.7 Å². The van der Waals surface area contributed by atoms with Crippen LogP contribution in [0.5, 0.6) is 5.75 Å². The molecule has 0 radical (unpaired) electrons. The number of amides is 1. The molecule has 0 unspecified atom stereocenters. The zero-order chi connectivity index (χ0) is 22.1. The number of rotatable bonds is 5. The molecule has 0 atom stereocenters. The van der Waals surface area contributed by atoms with Crippen LogP contribution >= 0.6 is 11.3 Å². The summed E-state index contributed by atoms with van der Waals surface area (Å²) in [6.07, 6.45) is 1.47. The molecule has 0 aliphatic carbocycles. The van der Waals surface area contributed by atoms with Gasteiger partial charge in [0.1, 0.15) is 22.6 Å². The van der Waals surface area contributed by atoms with Crippen molar-refractivity contribution < 1.29 is 9.90 Å². The quantitative estimate of drug-likeness (QED) is 0.358. The molecule has 8 nitrogen and oxygen atoms in total. The molecular formula is C23H18N6O2S. The third kappa shape index (κ3) is 3.54. The second-order valence-corrected chi connectivity index (χ2v) is 8.05. The van der Waals surface area contributed by atoms with Crippen molar-refractivity contribution in [1.29, 1.82) is 0 Å². The number of nitrogens with one attached hydrogen (secondary N) is 1. The van der Waals surface area contributed by atoms with E-state index in [1.165, 1.54) is 10.9 Å². The number of benzene rings is 2. The van der Waals surface area contributed by atoms with E-state index in [0.29, 0.717) is 34.3 Å². The smallest absolute Gasteiger partial charge is 0.257 e. The number of nitrogen functional groups attached to an aromatic ring is 1. The minimum absolute atomic E-state index is 0.0803. The number of fused-ring (bicyclic) bond motifs is 2. The van der Waals surface area contributed by atoms with Crippen LogP contribution < -0.4 is 11.1 Å². The second-order valence-electron chi connectivity index (χ2n) is 7.02. The van der Waals surface area contributed by atoms with Crippen molar-refractivity contribution in [2.75, 3.05) is 5.73 Å². The summed E-state index contributed by atoms with van der Waals surface area (Å²) < 4.78 is 1.38. The normalized spacial score (nSPS) is 11.5. The maximum Gasteiger partial charge on any atom is 0.257 e. The highest BCUT2D eigenvalue weighted by Gasteiger charge is 2.24. The van der Waals surface area contributed by atoms with Crippen LogP contribution in [-0.2, 0) is 6.54 Å². The summed E-state index contributed by atoms with van der Waals surface area (Å²) in [5, 5.41) is 19.3. The standard InChI is InChI=1S/C23H18N6O2S/c24-21-19(23(31)25-13-15-7-5-11-32-15)20-22(28-17-9-3-2-8-16(17)27-20)29(21)26-12-14-6-1-4-10-18(14)30/h1-12,30H,13,24H2,(H,25,31). The van der Waals surface area contributed by atoms with E-state index in [4.69, 9.17) is 5.73 Å². The van der Waals surface area contributed by atoms with Crippen LogP contribution in [0.2, 0.25) is 0 Å². The molecule has 2 aromatic carbocycles. The van der Waals surface area contributed by atoms with Crippen LogP contribution in [0.3, 0.4) is 0 Å². The number of phenolic OH excluding ortho intramolecular Hbond substituents is 1. The molecule has 4 N–H and O–H groups in total. The number of nitrogens with two attached hydrogens (primary N) is 1. The first-order chi connectivity index (χ1) is 15.6. The van der Waals surface area contributed by atoms with Gasteiger partial charge in [0.2, 0.25) is 0 Å². The minimum atomic E-state index is -0.359. The van der Waals surface area contributed by atoms with Crippen LogP contribution in [0, 0.1) is 0 Å². The number of aromatic nitrogens is 3. The van der Waals surface area contributed by atoms with Gasteiger partial charge in [0.05, 0.1) is 23.8 Å².